The SMILES string of the molecule is CC1=C[C@H]2C[C@H]1[C@H]1C(=O)N(c3cccc(C(=O)OCC(=O)Nc4cc(C)cc(C)c4)c3)C(=O)[C@@H]12. The van der Waals surface area contributed by atoms with Crippen molar-refractivity contribution in [2.75, 3.05) is 16.8 Å². The van der Waals surface area contributed by atoms with Crippen LogP contribution in [0.3, 0.4) is 0 Å². The molecule has 2 bridgehead atoms. The summed E-state index contributed by atoms with van der Waals surface area (Å²) in [5.41, 5.74) is 4.38. The maximum atomic E-state index is 13.2. The quantitative estimate of drug-likeness (QED) is 0.418. The lowest BCUT2D eigenvalue weighted by Crippen LogP contribution is -2.33. The zero-order valence-electron chi connectivity index (χ0n) is 19.3. The van der Waals surface area contributed by atoms with Crippen LogP contribution in [0.2, 0.25) is 0 Å². The molecule has 2 aliphatic carbocycles. The molecule has 3 amide bonds. The molecule has 2 aromatic carbocycles. The van der Waals surface area contributed by atoms with Crippen LogP contribution in [0.15, 0.2) is 54.1 Å². The topological polar surface area (TPSA) is 92.8 Å². The van der Waals surface area contributed by atoms with E-state index in [2.05, 4.69) is 11.4 Å². The molecule has 174 valence electrons. The summed E-state index contributed by atoms with van der Waals surface area (Å²) in [5, 5.41) is 2.72. The van der Waals surface area contributed by atoms with Gasteiger partial charge in [0, 0.05) is 5.69 Å². The molecule has 0 unspecified atom stereocenters. The third-order valence-corrected chi connectivity index (χ3v) is 7.06. The molecule has 7 nitrogen and oxygen atoms in total. The van der Waals surface area contributed by atoms with Crippen molar-refractivity contribution in [2.24, 2.45) is 23.7 Å². The molecule has 1 heterocycles. The summed E-state index contributed by atoms with van der Waals surface area (Å²) < 4.78 is 5.18. The first-order chi connectivity index (χ1) is 16.2. The molecule has 5 rings (SSSR count). The molecule has 2 fully saturated rings. The number of hydrogen-bond acceptors (Lipinski definition) is 5. The van der Waals surface area contributed by atoms with Crippen molar-refractivity contribution in [3.63, 3.8) is 0 Å². The lowest BCUT2D eigenvalue weighted by atomic mass is 9.82. The number of anilines is 2. The number of amides is 3. The van der Waals surface area contributed by atoms with E-state index in [1.54, 1.807) is 12.1 Å². The van der Waals surface area contributed by atoms with E-state index in [0.717, 1.165) is 17.5 Å². The van der Waals surface area contributed by atoms with E-state index in [0.29, 0.717) is 11.4 Å². The number of carbonyl (C=O) groups is 4. The highest BCUT2D eigenvalue weighted by molar-refractivity contribution is 6.23. The molecular weight excluding hydrogens is 432 g/mol. The minimum absolute atomic E-state index is 0.111. The molecule has 1 saturated carbocycles. The summed E-state index contributed by atoms with van der Waals surface area (Å²) in [6, 6.07) is 11.9. The van der Waals surface area contributed by atoms with E-state index < -0.39 is 18.5 Å². The fourth-order valence-electron chi connectivity index (χ4n) is 5.76. The Labute approximate surface area is 197 Å². The zero-order valence-corrected chi connectivity index (χ0v) is 19.3. The van der Waals surface area contributed by atoms with Crippen molar-refractivity contribution < 1.29 is 23.9 Å². The summed E-state index contributed by atoms with van der Waals surface area (Å²) in [6.07, 6.45) is 2.99. The van der Waals surface area contributed by atoms with Crippen LogP contribution in [0.25, 0.3) is 0 Å². The van der Waals surface area contributed by atoms with Crippen LogP contribution in [-0.4, -0.2) is 30.3 Å². The van der Waals surface area contributed by atoms with Crippen LogP contribution in [0.5, 0.6) is 0 Å². The Morgan fingerprint density at radius 3 is 2.44 bits per heavy atom. The van der Waals surface area contributed by atoms with E-state index in [1.807, 2.05) is 39.0 Å². The number of rotatable bonds is 5. The third kappa shape index (κ3) is 3.71. The van der Waals surface area contributed by atoms with Gasteiger partial charge in [-0.1, -0.05) is 23.8 Å². The summed E-state index contributed by atoms with van der Waals surface area (Å²) in [4.78, 5) is 52.3. The standard InChI is InChI=1S/C27H26N2O5/c1-14-7-15(2)9-19(8-14)28-22(30)13-34-27(33)17-5-4-6-20(11-17)29-25(31)23-18-10-16(3)21(12-18)24(23)26(29)32/h4-11,18,21,23-24H,12-13H2,1-3H3,(H,28,30)/t18-,21+,23+,24+/m0/s1. The van der Waals surface area contributed by atoms with Gasteiger partial charge in [-0.3, -0.25) is 14.4 Å². The van der Waals surface area contributed by atoms with Gasteiger partial charge in [-0.2, -0.15) is 0 Å². The highest BCUT2D eigenvalue weighted by atomic mass is 16.5. The number of esters is 1. The summed E-state index contributed by atoms with van der Waals surface area (Å²) >= 11 is 0. The molecule has 4 atom stereocenters. The van der Waals surface area contributed by atoms with Crippen molar-refractivity contribution in [1.82, 2.24) is 0 Å². The molecule has 34 heavy (non-hydrogen) atoms. The number of carbonyl (C=O) groups excluding carboxylic acids is 4. The Bertz CT molecular complexity index is 1240. The Hall–Kier alpha value is -3.74. The minimum atomic E-state index is -0.700. The second kappa shape index (κ2) is 8.24. The second-order valence-electron chi connectivity index (χ2n) is 9.53. The first-order valence-corrected chi connectivity index (χ1v) is 11.4. The predicted octanol–water partition coefficient (Wildman–Crippen LogP) is 3.80. The molecule has 1 saturated heterocycles. The fourth-order valence-corrected chi connectivity index (χ4v) is 5.76. The van der Waals surface area contributed by atoms with E-state index in [4.69, 9.17) is 4.74 Å². The van der Waals surface area contributed by atoms with Crippen molar-refractivity contribution in [3.05, 3.63) is 70.8 Å². The molecule has 1 aliphatic heterocycles. The smallest absolute Gasteiger partial charge is 0.338 e. The normalized spacial score (nSPS) is 24.8. The van der Waals surface area contributed by atoms with Crippen molar-refractivity contribution in [1.29, 1.82) is 0 Å². The molecular formula is C27H26N2O5. The molecule has 0 radical (unpaired) electrons. The van der Waals surface area contributed by atoms with Gasteiger partial charge in [0.05, 0.1) is 23.1 Å². The number of benzene rings is 2. The van der Waals surface area contributed by atoms with Crippen LogP contribution >= 0.6 is 0 Å². The molecule has 7 heteroatoms. The number of aryl methyl sites for hydroxylation is 2. The van der Waals surface area contributed by atoms with E-state index in [9.17, 15) is 19.2 Å². The number of imide groups is 1. The van der Waals surface area contributed by atoms with Crippen molar-refractivity contribution >= 4 is 35.1 Å². The number of ether oxygens (including phenoxy) is 1. The zero-order chi connectivity index (χ0) is 24.1. The predicted molar refractivity (Wildman–Crippen MR) is 126 cm³/mol. The summed E-state index contributed by atoms with van der Waals surface area (Å²) in [5.74, 6) is -1.95. The third-order valence-electron chi connectivity index (χ3n) is 7.06. The highest BCUT2D eigenvalue weighted by Crippen LogP contribution is 2.55. The minimum Gasteiger partial charge on any atom is -0.452 e. The summed E-state index contributed by atoms with van der Waals surface area (Å²) in [6.45, 7) is 5.44. The fraction of sp³-hybridized carbons (Fsp3) is 0.333. The van der Waals surface area contributed by atoms with Gasteiger partial charge < -0.3 is 10.1 Å². The lowest BCUT2D eigenvalue weighted by Gasteiger charge is -2.19. The average Bonchev–Trinajstić information content (AvgIpc) is 3.41. The Morgan fingerprint density at radius 2 is 1.71 bits per heavy atom. The van der Waals surface area contributed by atoms with Crippen LogP contribution in [0.1, 0.15) is 34.8 Å². The first kappa shape index (κ1) is 22.1. The van der Waals surface area contributed by atoms with Gasteiger partial charge in [-0.25, -0.2) is 9.69 Å². The lowest BCUT2D eigenvalue weighted by molar-refractivity contribution is -0.123. The highest BCUT2D eigenvalue weighted by Gasteiger charge is 2.60. The van der Waals surface area contributed by atoms with Gasteiger partial charge in [0.15, 0.2) is 6.61 Å². The monoisotopic (exact) mass is 458 g/mol. The van der Waals surface area contributed by atoms with Gasteiger partial charge in [0.1, 0.15) is 0 Å². The number of fused-ring (bicyclic) bond motifs is 5. The first-order valence-electron chi connectivity index (χ1n) is 11.4. The van der Waals surface area contributed by atoms with Crippen molar-refractivity contribution in [2.45, 2.75) is 27.2 Å². The molecule has 2 aromatic rings. The van der Waals surface area contributed by atoms with E-state index in [1.165, 1.54) is 22.6 Å². The number of nitrogens with zero attached hydrogens (tertiary/aromatic N) is 1. The van der Waals surface area contributed by atoms with Gasteiger partial charge in [0.25, 0.3) is 5.91 Å². The van der Waals surface area contributed by atoms with Crippen LogP contribution in [0, 0.1) is 37.5 Å². The Kier molecular flexibility index (Phi) is 5.35. The largest absolute Gasteiger partial charge is 0.452 e. The molecule has 0 spiro atoms. The Morgan fingerprint density at radius 1 is 1.00 bits per heavy atom. The number of nitrogens with one attached hydrogen (secondary N) is 1. The Balaban J connectivity index is 1.25. The summed E-state index contributed by atoms with van der Waals surface area (Å²) in [7, 11) is 0. The molecule has 0 aromatic heterocycles. The second-order valence-corrected chi connectivity index (χ2v) is 9.53. The van der Waals surface area contributed by atoms with E-state index >= 15 is 0 Å². The van der Waals surface area contributed by atoms with Gasteiger partial charge >= 0.3 is 5.97 Å². The van der Waals surface area contributed by atoms with Crippen molar-refractivity contribution in [3.8, 4) is 0 Å². The number of hydrogen-bond donors (Lipinski definition) is 1. The van der Waals surface area contributed by atoms with Gasteiger partial charge in [0.2, 0.25) is 11.8 Å². The maximum absolute atomic E-state index is 13.2. The number of allylic oxidation sites excluding steroid dienone is 2. The van der Waals surface area contributed by atoms with E-state index in [-0.39, 0.29) is 41.0 Å². The maximum Gasteiger partial charge on any atom is 0.338 e. The van der Waals surface area contributed by atoms with Gasteiger partial charge in [-0.15, -0.1) is 0 Å². The molecule has 1 N–H and O–H groups in total. The van der Waals surface area contributed by atoms with Gasteiger partial charge in [-0.05, 0) is 80.5 Å². The van der Waals surface area contributed by atoms with Crippen LogP contribution in [-0.2, 0) is 19.1 Å². The molecule has 3 aliphatic rings. The van der Waals surface area contributed by atoms with Crippen LogP contribution < -0.4 is 10.2 Å². The average molecular weight is 459 g/mol. The van der Waals surface area contributed by atoms with Crippen LogP contribution in [0.4, 0.5) is 11.4 Å².